The molecule has 2 aromatic rings. The molecule has 1 aromatic heterocycles. The molecule has 3 rings (SSSR count). The van der Waals surface area contributed by atoms with E-state index in [1.54, 1.807) is 19.1 Å². The molecule has 1 aliphatic rings. The zero-order valence-corrected chi connectivity index (χ0v) is 15.3. The first-order valence-corrected chi connectivity index (χ1v) is 9.07. The number of nitrogens with one attached hydrogen (secondary N) is 2. The molecule has 0 saturated carbocycles. The Kier molecular flexibility index (Phi) is 6.49. The van der Waals surface area contributed by atoms with Crippen molar-refractivity contribution < 1.29 is 23.5 Å². The quantitative estimate of drug-likeness (QED) is 0.742. The maximum absolute atomic E-state index is 12.1. The summed E-state index contributed by atoms with van der Waals surface area (Å²) in [6.07, 6.45) is 3.72. The van der Waals surface area contributed by atoms with Gasteiger partial charge in [0.15, 0.2) is 5.76 Å². The lowest BCUT2D eigenvalue weighted by Crippen LogP contribution is -2.44. The van der Waals surface area contributed by atoms with Gasteiger partial charge in [0.25, 0.3) is 5.91 Å². The van der Waals surface area contributed by atoms with E-state index in [-0.39, 0.29) is 17.8 Å². The molecule has 7 heteroatoms. The van der Waals surface area contributed by atoms with Crippen molar-refractivity contribution in [3.05, 3.63) is 54.0 Å². The number of furan rings is 1. The first-order valence-electron chi connectivity index (χ1n) is 9.07. The molecule has 0 aliphatic carbocycles. The van der Waals surface area contributed by atoms with Gasteiger partial charge in [0.2, 0.25) is 5.91 Å². The first-order chi connectivity index (χ1) is 13.1. The highest BCUT2D eigenvalue weighted by atomic mass is 16.5. The fourth-order valence-corrected chi connectivity index (χ4v) is 2.75. The average Bonchev–Trinajstić information content (AvgIpc) is 3.39. The molecule has 144 valence electrons. The summed E-state index contributed by atoms with van der Waals surface area (Å²) in [6.45, 7) is 3.36. The molecule has 2 unspecified atom stereocenters. The van der Waals surface area contributed by atoms with Gasteiger partial charge in [-0.1, -0.05) is 12.1 Å². The van der Waals surface area contributed by atoms with Crippen molar-refractivity contribution in [2.24, 2.45) is 0 Å². The lowest BCUT2D eigenvalue weighted by atomic mass is 10.2. The van der Waals surface area contributed by atoms with Gasteiger partial charge in [-0.25, -0.2) is 0 Å². The fourth-order valence-electron chi connectivity index (χ4n) is 2.75. The van der Waals surface area contributed by atoms with Crippen LogP contribution in [-0.4, -0.2) is 37.2 Å². The normalized spacial score (nSPS) is 17.3. The topological polar surface area (TPSA) is 89.8 Å². The molecule has 0 radical (unpaired) electrons. The highest BCUT2D eigenvalue weighted by molar-refractivity contribution is 5.95. The fraction of sp³-hybridized carbons (Fsp3) is 0.400. The van der Waals surface area contributed by atoms with Gasteiger partial charge in [-0.05, 0) is 49.6 Å². The minimum atomic E-state index is -0.670. The van der Waals surface area contributed by atoms with Crippen molar-refractivity contribution >= 4 is 11.8 Å². The van der Waals surface area contributed by atoms with Crippen LogP contribution in [0.4, 0.5) is 0 Å². The second kappa shape index (κ2) is 9.23. The second-order valence-electron chi connectivity index (χ2n) is 6.48. The van der Waals surface area contributed by atoms with Gasteiger partial charge in [-0.15, -0.1) is 0 Å². The maximum Gasteiger partial charge on any atom is 0.287 e. The van der Waals surface area contributed by atoms with Crippen molar-refractivity contribution in [1.29, 1.82) is 0 Å². The molecule has 0 bridgehead atoms. The highest BCUT2D eigenvalue weighted by Gasteiger charge is 2.18. The van der Waals surface area contributed by atoms with E-state index in [9.17, 15) is 9.59 Å². The summed E-state index contributed by atoms with van der Waals surface area (Å²) in [5.41, 5.74) is 0.942. The van der Waals surface area contributed by atoms with Crippen LogP contribution in [-0.2, 0) is 16.1 Å². The Morgan fingerprint density at radius 3 is 2.74 bits per heavy atom. The van der Waals surface area contributed by atoms with Crippen molar-refractivity contribution in [3.63, 3.8) is 0 Å². The van der Waals surface area contributed by atoms with E-state index in [1.165, 1.54) is 6.26 Å². The van der Waals surface area contributed by atoms with E-state index in [1.807, 2.05) is 24.3 Å². The summed E-state index contributed by atoms with van der Waals surface area (Å²) in [6, 6.07) is 10.0. The Morgan fingerprint density at radius 2 is 2.07 bits per heavy atom. The summed E-state index contributed by atoms with van der Waals surface area (Å²) >= 11 is 0. The number of hydrogen-bond acceptors (Lipinski definition) is 5. The lowest BCUT2D eigenvalue weighted by molar-refractivity contribution is -0.122. The van der Waals surface area contributed by atoms with Crippen LogP contribution in [0.25, 0.3) is 0 Å². The predicted octanol–water partition coefficient (Wildman–Crippen LogP) is 2.27. The number of benzene rings is 1. The summed E-state index contributed by atoms with van der Waals surface area (Å²) in [5, 5.41) is 5.39. The minimum Gasteiger partial charge on any atom is -0.491 e. The van der Waals surface area contributed by atoms with E-state index in [4.69, 9.17) is 13.9 Å². The van der Waals surface area contributed by atoms with E-state index in [0.29, 0.717) is 13.2 Å². The molecule has 1 aliphatic heterocycles. The third-order valence-electron chi connectivity index (χ3n) is 4.34. The number of amides is 2. The number of carbonyl (C=O) groups excluding carboxylic acids is 2. The highest BCUT2D eigenvalue weighted by Crippen LogP contribution is 2.16. The van der Waals surface area contributed by atoms with E-state index in [2.05, 4.69) is 10.6 Å². The number of hydrogen-bond donors (Lipinski definition) is 2. The van der Waals surface area contributed by atoms with Crippen LogP contribution in [0.15, 0.2) is 47.1 Å². The smallest absolute Gasteiger partial charge is 0.287 e. The van der Waals surface area contributed by atoms with Crippen molar-refractivity contribution in [2.45, 2.75) is 38.5 Å². The Morgan fingerprint density at radius 1 is 1.26 bits per heavy atom. The van der Waals surface area contributed by atoms with Crippen LogP contribution < -0.4 is 15.4 Å². The molecule has 1 fully saturated rings. The van der Waals surface area contributed by atoms with Crippen LogP contribution in [0.1, 0.15) is 35.9 Å². The number of carbonyl (C=O) groups is 2. The summed E-state index contributed by atoms with van der Waals surface area (Å²) in [7, 11) is 0. The molecule has 27 heavy (non-hydrogen) atoms. The summed E-state index contributed by atoms with van der Waals surface area (Å²) in [5.74, 6) is 0.261. The summed E-state index contributed by atoms with van der Waals surface area (Å²) < 4.78 is 16.3. The SMILES string of the molecule is CC(NC(=O)c1ccco1)C(=O)NCc1ccc(OCC2CCCO2)cc1. The maximum atomic E-state index is 12.1. The monoisotopic (exact) mass is 372 g/mol. The number of ether oxygens (including phenoxy) is 2. The van der Waals surface area contributed by atoms with Crippen molar-refractivity contribution in [1.82, 2.24) is 10.6 Å². The Bertz CT molecular complexity index is 736. The van der Waals surface area contributed by atoms with E-state index < -0.39 is 11.9 Å². The average molecular weight is 372 g/mol. The predicted molar refractivity (Wildman–Crippen MR) is 98.4 cm³/mol. The third-order valence-corrected chi connectivity index (χ3v) is 4.34. The largest absolute Gasteiger partial charge is 0.491 e. The third kappa shape index (κ3) is 5.59. The Labute approximate surface area is 158 Å². The molecule has 2 N–H and O–H groups in total. The van der Waals surface area contributed by atoms with Gasteiger partial charge in [0, 0.05) is 13.2 Å². The molecule has 1 aromatic carbocycles. The summed E-state index contributed by atoms with van der Waals surface area (Å²) in [4.78, 5) is 24.0. The van der Waals surface area contributed by atoms with Gasteiger partial charge < -0.3 is 24.5 Å². The van der Waals surface area contributed by atoms with Gasteiger partial charge in [-0.3, -0.25) is 9.59 Å². The molecular weight excluding hydrogens is 348 g/mol. The van der Waals surface area contributed by atoms with Crippen LogP contribution in [0.3, 0.4) is 0 Å². The Hall–Kier alpha value is -2.80. The Balaban J connectivity index is 1.40. The van der Waals surface area contributed by atoms with Crippen LogP contribution in [0.5, 0.6) is 5.75 Å². The van der Waals surface area contributed by atoms with Gasteiger partial charge >= 0.3 is 0 Å². The van der Waals surface area contributed by atoms with Crippen LogP contribution in [0, 0.1) is 0 Å². The van der Waals surface area contributed by atoms with E-state index in [0.717, 1.165) is 30.8 Å². The van der Waals surface area contributed by atoms with Gasteiger partial charge in [0.05, 0.1) is 12.4 Å². The standard InChI is InChI=1S/C20H24N2O5/c1-14(22-20(24)18-5-3-11-26-18)19(23)21-12-15-6-8-16(9-7-15)27-13-17-4-2-10-25-17/h3,5-9,11,14,17H,2,4,10,12-13H2,1H3,(H,21,23)(H,22,24). The second-order valence-corrected chi connectivity index (χ2v) is 6.48. The molecule has 2 amide bonds. The molecule has 2 atom stereocenters. The molecule has 2 heterocycles. The van der Waals surface area contributed by atoms with Gasteiger partial charge in [0.1, 0.15) is 18.4 Å². The zero-order valence-electron chi connectivity index (χ0n) is 15.3. The zero-order chi connectivity index (χ0) is 19.1. The van der Waals surface area contributed by atoms with Crippen LogP contribution in [0.2, 0.25) is 0 Å². The number of rotatable bonds is 8. The van der Waals surface area contributed by atoms with Crippen molar-refractivity contribution in [3.8, 4) is 5.75 Å². The lowest BCUT2D eigenvalue weighted by Gasteiger charge is -2.14. The van der Waals surface area contributed by atoms with Crippen molar-refractivity contribution in [2.75, 3.05) is 13.2 Å². The molecule has 7 nitrogen and oxygen atoms in total. The molecule has 0 spiro atoms. The van der Waals surface area contributed by atoms with Crippen LogP contribution >= 0.6 is 0 Å². The minimum absolute atomic E-state index is 0.174. The molecular formula is C20H24N2O5. The van der Waals surface area contributed by atoms with E-state index >= 15 is 0 Å². The molecule has 1 saturated heterocycles. The first kappa shape index (κ1) is 19.0. The van der Waals surface area contributed by atoms with Gasteiger partial charge in [-0.2, -0.15) is 0 Å².